The number of ether oxygens (including phenoxy) is 1. The predicted molar refractivity (Wildman–Crippen MR) is 81.3 cm³/mol. The number of fused-ring (bicyclic) bond motifs is 1. The molecule has 0 N–H and O–H groups in total. The molecule has 5 nitrogen and oxygen atoms in total. The number of furan rings is 1. The lowest BCUT2D eigenvalue weighted by Gasteiger charge is -2.19. The maximum atomic E-state index is 11.9. The van der Waals surface area contributed by atoms with Crippen molar-refractivity contribution in [1.82, 2.24) is 4.98 Å². The fourth-order valence-corrected chi connectivity index (χ4v) is 2.13. The molecule has 0 aliphatic rings. The Labute approximate surface area is 127 Å². The summed E-state index contributed by atoms with van der Waals surface area (Å²) in [6, 6.07) is 9.03. The Morgan fingerprint density at radius 1 is 1.27 bits per heavy atom. The van der Waals surface area contributed by atoms with Crippen molar-refractivity contribution in [3.05, 3.63) is 42.2 Å². The first-order chi connectivity index (χ1) is 10.4. The van der Waals surface area contributed by atoms with Gasteiger partial charge in [0.1, 0.15) is 11.1 Å². The minimum Gasteiger partial charge on any atom is -0.460 e. The Morgan fingerprint density at radius 2 is 2.09 bits per heavy atom. The summed E-state index contributed by atoms with van der Waals surface area (Å²) >= 11 is 0. The number of carbonyl (C=O) groups excluding carboxylic acids is 1. The summed E-state index contributed by atoms with van der Waals surface area (Å²) in [5.74, 6) is 0.737. The normalized spacial score (nSPS) is 11.8. The monoisotopic (exact) mass is 299 g/mol. The summed E-state index contributed by atoms with van der Waals surface area (Å²) < 4.78 is 16.2. The molecule has 3 aromatic rings. The molecule has 0 bridgehead atoms. The number of oxazole rings is 1. The Bertz CT molecular complexity index is 794. The fraction of sp³-hybridized carbons (Fsp3) is 0.294. The molecule has 0 aliphatic heterocycles. The van der Waals surface area contributed by atoms with Crippen LogP contribution >= 0.6 is 0 Å². The van der Waals surface area contributed by atoms with Crippen molar-refractivity contribution in [2.75, 3.05) is 0 Å². The molecule has 2 heterocycles. The molecular weight excluding hydrogens is 282 g/mol. The van der Waals surface area contributed by atoms with Crippen LogP contribution in [0.2, 0.25) is 0 Å². The number of carbonyl (C=O) groups is 1. The third-order valence-corrected chi connectivity index (χ3v) is 2.95. The topological polar surface area (TPSA) is 65.5 Å². The van der Waals surface area contributed by atoms with Crippen LogP contribution in [0.4, 0.5) is 0 Å². The molecule has 114 valence electrons. The lowest BCUT2D eigenvalue weighted by atomic mass is 10.1. The number of benzene rings is 1. The third kappa shape index (κ3) is 3.19. The highest BCUT2D eigenvalue weighted by atomic mass is 16.6. The SMILES string of the molecule is CC(C)(C)OC(=O)Cc1ccc2oc(-c3ccco3)nc2c1. The Morgan fingerprint density at radius 3 is 2.77 bits per heavy atom. The van der Waals surface area contributed by atoms with E-state index in [-0.39, 0.29) is 12.4 Å². The molecule has 0 aliphatic carbocycles. The Balaban J connectivity index is 1.82. The summed E-state index contributed by atoms with van der Waals surface area (Å²) in [7, 11) is 0. The van der Waals surface area contributed by atoms with Crippen LogP contribution in [0.5, 0.6) is 0 Å². The standard InChI is InChI=1S/C17H17NO4/c1-17(2,3)22-15(19)10-11-6-7-13-12(9-11)18-16(21-13)14-5-4-8-20-14/h4-9H,10H2,1-3H3. The zero-order chi connectivity index (χ0) is 15.7. The van der Waals surface area contributed by atoms with Gasteiger partial charge in [0.2, 0.25) is 0 Å². The van der Waals surface area contributed by atoms with Gasteiger partial charge in [0, 0.05) is 0 Å². The Hall–Kier alpha value is -2.56. The van der Waals surface area contributed by atoms with Crippen LogP contribution in [0.1, 0.15) is 26.3 Å². The van der Waals surface area contributed by atoms with Crippen molar-refractivity contribution in [1.29, 1.82) is 0 Å². The second-order valence-corrected chi connectivity index (χ2v) is 6.06. The van der Waals surface area contributed by atoms with Gasteiger partial charge < -0.3 is 13.6 Å². The molecule has 22 heavy (non-hydrogen) atoms. The van der Waals surface area contributed by atoms with E-state index in [1.165, 1.54) is 0 Å². The highest BCUT2D eigenvalue weighted by Crippen LogP contribution is 2.25. The van der Waals surface area contributed by atoms with E-state index >= 15 is 0 Å². The summed E-state index contributed by atoms with van der Waals surface area (Å²) in [5, 5.41) is 0. The van der Waals surface area contributed by atoms with Crippen LogP contribution in [0.15, 0.2) is 45.4 Å². The average Bonchev–Trinajstić information content (AvgIpc) is 3.04. The van der Waals surface area contributed by atoms with Gasteiger partial charge in [-0.3, -0.25) is 4.79 Å². The summed E-state index contributed by atoms with van der Waals surface area (Å²) in [4.78, 5) is 16.3. The molecule has 0 spiro atoms. The van der Waals surface area contributed by atoms with Crippen molar-refractivity contribution >= 4 is 17.1 Å². The van der Waals surface area contributed by atoms with Gasteiger partial charge in [0.05, 0.1) is 12.7 Å². The molecule has 0 amide bonds. The number of nitrogens with zero attached hydrogens (tertiary/aromatic N) is 1. The maximum Gasteiger partial charge on any atom is 0.310 e. The van der Waals surface area contributed by atoms with Gasteiger partial charge in [0.15, 0.2) is 11.3 Å². The number of esters is 1. The molecule has 0 fully saturated rings. The Kier molecular flexibility index (Phi) is 3.48. The van der Waals surface area contributed by atoms with Crippen LogP contribution in [-0.4, -0.2) is 16.6 Å². The van der Waals surface area contributed by atoms with Crippen LogP contribution in [0.3, 0.4) is 0 Å². The van der Waals surface area contributed by atoms with Gasteiger partial charge in [0.25, 0.3) is 5.89 Å². The van der Waals surface area contributed by atoms with Gasteiger partial charge in [-0.05, 0) is 50.6 Å². The number of rotatable bonds is 3. The van der Waals surface area contributed by atoms with E-state index in [1.54, 1.807) is 24.5 Å². The molecule has 1 aromatic carbocycles. The molecule has 3 rings (SSSR count). The van der Waals surface area contributed by atoms with Crippen LogP contribution in [-0.2, 0) is 16.0 Å². The molecule has 0 atom stereocenters. The largest absolute Gasteiger partial charge is 0.460 e. The van der Waals surface area contributed by atoms with Crippen LogP contribution in [0.25, 0.3) is 22.8 Å². The van der Waals surface area contributed by atoms with E-state index in [1.807, 2.05) is 32.9 Å². The van der Waals surface area contributed by atoms with Crippen molar-refractivity contribution in [3.8, 4) is 11.7 Å². The smallest absolute Gasteiger partial charge is 0.310 e. The predicted octanol–water partition coefficient (Wildman–Crippen LogP) is 3.97. The second kappa shape index (κ2) is 5.33. The summed E-state index contributed by atoms with van der Waals surface area (Å²) in [6.07, 6.45) is 1.77. The van der Waals surface area contributed by atoms with Crippen molar-refractivity contribution in [2.45, 2.75) is 32.8 Å². The molecule has 0 saturated heterocycles. The molecule has 2 aromatic heterocycles. The first-order valence-corrected chi connectivity index (χ1v) is 7.06. The van der Waals surface area contributed by atoms with Crippen LogP contribution in [0, 0.1) is 0 Å². The summed E-state index contributed by atoms with van der Waals surface area (Å²) in [5.41, 5.74) is 1.69. The quantitative estimate of drug-likeness (QED) is 0.685. The van der Waals surface area contributed by atoms with Gasteiger partial charge in [-0.2, -0.15) is 0 Å². The maximum absolute atomic E-state index is 11.9. The number of hydrogen-bond donors (Lipinski definition) is 0. The first kappa shape index (κ1) is 14.4. The van der Waals surface area contributed by atoms with E-state index in [0.29, 0.717) is 22.8 Å². The second-order valence-electron chi connectivity index (χ2n) is 6.06. The zero-order valence-electron chi connectivity index (χ0n) is 12.8. The van der Waals surface area contributed by atoms with Gasteiger partial charge in [-0.25, -0.2) is 4.98 Å². The van der Waals surface area contributed by atoms with Crippen molar-refractivity contribution in [3.63, 3.8) is 0 Å². The lowest BCUT2D eigenvalue weighted by Crippen LogP contribution is -2.24. The van der Waals surface area contributed by atoms with Crippen LogP contribution < -0.4 is 0 Å². The molecule has 5 heteroatoms. The highest BCUT2D eigenvalue weighted by molar-refractivity contribution is 5.79. The highest BCUT2D eigenvalue weighted by Gasteiger charge is 2.17. The van der Waals surface area contributed by atoms with E-state index < -0.39 is 5.60 Å². The molecule has 0 unspecified atom stereocenters. The first-order valence-electron chi connectivity index (χ1n) is 7.06. The lowest BCUT2D eigenvalue weighted by molar-refractivity contribution is -0.153. The average molecular weight is 299 g/mol. The fourth-order valence-electron chi connectivity index (χ4n) is 2.13. The number of aromatic nitrogens is 1. The summed E-state index contributed by atoms with van der Waals surface area (Å²) in [6.45, 7) is 5.55. The van der Waals surface area contributed by atoms with E-state index in [9.17, 15) is 4.79 Å². The minimum absolute atomic E-state index is 0.205. The van der Waals surface area contributed by atoms with Gasteiger partial charge in [-0.15, -0.1) is 0 Å². The van der Waals surface area contributed by atoms with E-state index in [2.05, 4.69) is 4.98 Å². The molecular formula is C17H17NO4. The third-order valence-electron chi connectivity index (χ3n) is 2.95. The minimum atomic E-state index is -0.485. The zero-order valence-corrected chi connectivity index (χ0v) is 12.8. The van der Waals surface area contributed by atoms with E-state index in [0.717, 1.165) is 5.56 Å². The van der Waals surface area contributed by atoms with Crippen molar-refractivity contribution in [2.24, 2.45) is 0 Å². The number of hydrogen-bond acceptors (Lipinski definition) is 5. The van der Waals surface area contributed by atoms with E-state index in [4.69, 9.17) is 13.6 Å². The van der Waals surface area contributed by atoms with Gasteiger partial charge in [-0.1, -0.05) is 6.07 Å². The van der Waals surface area contributed by atoms with Crippen molar-refractivity contribution < 1.29 is 18.4 Å². The van der Waals surface area contributed by atoms with Gasteiger partial charge >= 0.3 is 5.97 Å². The molecule has 0 radical (unpaired) electrons. The molecule has 0 saturated carbocycles.